The van der Waals surface area contributed by atoms with Gasteiger partial charge in [-0.3, -0.25) is 4.79 Å². The molecular weight excluding hydrogens is 271 g/mol. The van der Waals surface area contributed by atoms with Gasteiger partial charge in [-0.2, -0.15) is 18.4 Å². The van der Waals surface area contributed by atoms with E-state index in [0.29, 0.717) is 0 Å². The van der Waals surface area contributed by atoms with Crippen LogP contribution in [0, 0.1) is 11.3 Å². The Balaban J connectivity index is 3.04. The third kappa shape index (κ3) is 4.31. The van der Waals surface area contributed by atoms with E-state index >= 15 is 0 Å². The minimum absolute atomic E-state index is 0.125. The Hall–Kier alpha value is -1.94. The van der Waals surface area contributed by atoms with Crippen LogP contribution >= 0.6 is 0 Å². The highest BCUT2D eigenvalue weighted by Crippen LogP contribution is 2.30. The Bertz CT molecular complexity index is 553. The van der Waals surface area contributed by atoms with Gasteiger partial charge in [0.05, 0.1) is 12.1 Å². The number of alkyl halides is 3. The first kappa shape index (κ1) is 16.1. The standard InChI is InChI=1S/C13H14F3N3O/c1-12(2,3)18-7-10(20)9-5-4-8(6-17)11(19-9)13(14,15)16/h4-5,18H,7H2,1-3H3. The summed E-state index contributed by atoms with van der Waals surface area (Å²) in [5.74, 6) is -0.560. The third-order valence-corrected chi connectivity index (χ3v) is 2.35. The average molecular weight is 285 g/mol. The minimum Gasteiger partial charge on any atom is -0.305 e. The van der Waals surface area contributed by atoms with E-state index in [4.69, 9.17) is 5.26 Å². The van der Waals surface area contributed by atoms with Crippen molar-refractivity contribution in [1.29, 1.82) is 5.26 Å². The minimum atomic E-state index is -4.77. The lowest BCUT2D eigenvalue weighted by atomic mass is 10.1. The van der Waals surface area contributed by atoms with Crippen LogP contribution < -0.4 is 5.32 Å². The summed E-state index contributed by atoms with van der Waals surface area (Å²) in [5.41, 5.74) is -2.58. The van der Waals surface area contributed by atoms with E-state index in [1.807, 2.05) is 20.8 Å². The second-order valence-electron chi connectivity index (χ2n) is 5.23. The number of hydrogen-bond acceptors (Lipinski definition) is 4. The van der Waals surface area contributed by atoms with Crippen molar-refractivity contribution in [3.8, 4) is 6.07 Å². The molecule has 0 unspecified atom stereocenters. The van der Waals surface area contributed by atoms with Gasteiger partial charge < -0.3 is 5.32 Å². The molecule has 0 aliphatic carbocycles. The van der Waals surface area contributed by atoms with Crippen LogP contribution in [0.5, 0.6) is 0 Å². The Labute approximate surface area is 114 Å². The second kappa shape index (κ2) is 5.59. The van der Waals surface area contributed by atoms with Gasteiger partial charge in [0.2, 0.25) is 0 Å². The number of rotatable bonds is 3. The molecule has 0 radical (unpaired) electrons. The maximum atomic E-state index is 12.7. The number of carbonyl (C=O) groups excluding carboxylic acids is 1. The fourth-order valence-electron chi connectivity index (χ4n) is 1.36. The van der Waals surface area contributed by atoms with Crippen molar-refractivity contribution in [2.45, 2.75) is 32.5 Å². The molecule has 0 spiro atoms. The van der Waals surface area contributed by atoms with Crippen LogP contribution in [-0.2, 0) is 6.18 Å². The molecule has 0 aliphatic rings. The van der Waals surface area contributed by atoms with Gasteiger partial charge in [-0.15, -0.1) is 0 Å². The zero-order valence-corrected chi connectivity index (χ0v) is 11.3. The first-order chi connectivity index (χ1) is 9.04. The van der Waals surface area contributed by atoms with Crippen molar-refractivity contribution in [2.24, 2.45) is 0 Å². The number of nitrogens with zero attached hydrogens (tertiary/aromatic N) is 2. The SMILES string of the molecule is CC(C)(C)NCC(=O)c1ccc(C#N)c(C(F)(F)F)n1. The van der Waals surface area contributed by atoms with Gasteiger partial charge in [-0.05, 0) is 32.9 Å². The van der Waals surface area contributed by atoms with Crippen molar-refractivity contribution in [2.75, 3.05) is 6.54 Å². The number of nitrogens with one attached hydrogen (secondary N) is 1. The average Bonchev–Trinajstić information content (AvgIpc) is 2.33. The lowest BCUT2D eigenvalue weighted by molar-refractivity contribution is -0.141. The summed E-state index contributed by atoms with van der Waals surface area (Å²) in [6, 6.07) is 3.50. The molecule has 1 rings (SSSR count). The van der Waals surface area contributed by atoms with Crippen molar-refractivity contribution in [1.82, 2.24) is 10.3 Å². The number of aromatic nitrogens is 1. The fourth-order valence-corrected chi connectivity index (χ4v) is 1.36. The summed E-state index contributed by atoms with van der Waals surface area (Å²) < 4.78 is 38.1. The molecule has 0 aliphatic heterocycles. The van der Waals surface area contributed by atoms with Crippen LogP contribution in [0.2, 0.25) is 0 Å². The van der Waals surface area contributed by atoms with Gasteiger partial charge in [-0.25, -0.2) is 4.98 Å². The smallest absolute Gasteiger partial charge is 0.305 e. The molecule has 1 aromatic heterocycles. The summed E-state index contributed by atoms with van der Waals surface area (Å²) in [6.45, 7) is 5.36. The summed E-state index contributed by atoms with van der Waals surface area (Å²) in [6.07, 6.45) is -4.77. The highest BCUT2D eigenvalue weighted by atomic mass is 19.4. The highest BCUT2D eigenvalue weighted by Gasteiger charge is 2.36. The van der Waals surface area contributed by atoms with Crippen LogP contribution in [0.15, 0.2) is 12.1 Å². The molecule has 0 atom stereocenters. The van der Waals surface area contributed by atoms with Gasteiger partial charge >= 0.3 is 6.18 Å². The Morgan fingerprint density at radius 2 is 1.95 bits per heavy atom. The zero-order valence-electron chi connectivity index (χ0n) is 11.3. The lowest BCUT2D eigenvalue weighted by Gasteiger charge is -2.19. The van der Waals surface area contributed by atoms with E-state index in [9.17, 15) is 18.0 Å². The summed E-state index contributed by atoms with van der Waals surface area (Å²) in [7, 11) is 0. The molecule has 1 aromatic rings. The molecule has 1 N–H and O–H groups in total. The lowest BCUT2D eigenvalue weighted by Crippen LogP contribution is -2.39. The van der Waals surface area contributed by atoms with Crippen LogP contribution in [0.3, 0.4) is 0 Å². The molecule has 0 fully saturated rings. The van der Waals surface area contributed by atoms with Gasteiger partial charge in [0.25, 0.3) is 0 Å². The maximum absolute atomic E-state index is 12.7. The molecule has 0 aromatic carbocycles. The van der Waals surface area contributed by atoms with Crippen LogP contribution in [0.25, 0.3) is 0 Å². The molecule has 7 heteroatoms. The molecule has 4 nitrogen and oxygen atoms in total. The van der Waals surface area contributed by atoms with Gasteiger partial charge in [0.1, 0.15) is 11.8 Å². The van der Waals surface area contributed by atoms with E-state index in [1.165, 1.54) is 6.07 Å². The van der Waals surface area contributed by atoms with Crippen LogP contribution in [0.1, 0.15) is 42.5 Å². The van der Waals surface area contributed by atoms with E-state index in [2.05, 4.69) is 10.3 Å². The van der Waals surface area contributed by atoms with E-state index in [1.54, 1.807) is 0 Å². The van der Waals surface area contributed by atoms with E-state index in [0.717, 1.165) is 12.1 Å². The number of pyridine rings is 1. The Kier molecular flexibility index (Phi) is 4.50. The maximum Gasteiger partial charge on any atom is 0.434 e. The fraction of sp³-hybridized carbons (Fsp3) is 0.462. The number of hydrogen-bond donors (Lipinski definition) is 1. The monoisotopic (exact) mass is 285 g/mol. The summed E-state index contributed by atoms with van der Waals surface area (Å²) in [4.78, 5) is 15.1. The van der Waals surface area contributed by atoms with Crippen molar-refractivity contribution >= 4 is 5.78 Å². The van der Waals surface area contributed by atoms with E-state index < -0.39 is 23.2 Å². The highest BCUT2D eigenvalue weighted by molar-refractivity contribution is 5.96. The van der Waals surface area contributed by atoms with Gasteiger partial charge in [0.15, 0.2) is 11.5 Å². The normalized spacial score (nSPS) is 12.1. The summed E-state index contributed by atoms with van der Waals surface area (Å²) >= 11 is 0. The summed E-state index contributed by atoms with van der Waals surface area (Å²) in [5, 5.41) is 11.5. The molecule has 1 heterocycles. The number of halogens is 3. The third-order valence-electron chi connectivity index (χ3n) is 2.35. The van der Waals surface area contributed by atoms with Crippen molar-refractivity contribution in [3.63, 3.8) is 0 Å². The molecule has 108 valence electrons. The predicted molar refractivity (Wildman–Crippen MR) is 66.0 cm³/mol. The molecule has 0 saturated carbocycles. The van der Waals surface area contributed by atoms with Crippen molar-refractivity contribution in [3.05, 3.63) is 29.1 Å². The van der Waals surface area contributed by atoms with Crippen molar-refractivity contribution < 1.29 is 18.0 Å². The molecule has 0 amide bonds. The topological polar surface area (TPSA) is 65.8 Å². The molecule has 0 saturated heterocycles. The Morgan fingerprint density at radius 3 is 2.40 bits per heavy atom. The second-order valence-corrected chi connectivity index (χ2v) is 5.23. The number of carbonyl (C=O) groups is 1. The molecule has 0 bridgehead atoms. The van der Waals surface area contributed by atoms with Gasteiger partial charge in [-0.1, -0.05) is 0 Å². The largest absolute Gasteiger partial charge is 0.434 e. The first-order valence-electron chi connectivity index (χ1n) is 5.81. The Morgan fingerprint density at radius 1 is 1.35 bits per heavy atom. The number of ketones is 1. The van der Waals surface area contributed by atoms with Crippen LogP contribution in [0.4, 0.5) is 13.2 Å². The van der Waals surface area contributed by atoms with E-state index in [-0.39, 0.29) is 17.8 Å². The molecule has 20 heavy (non-hydrogen) atoms. The number of Topliss-reactive ketones (excluding diaryl/α,β-unsaturated/α-hetero) is 1. The quantitative estimate of drug-likeness (QED) is 0.867. The van der Waals surface area contributed by atoms with Crippen LogP contribution in [-0.4, -0.2) is 22.9 Å². The predicted octanol–water partition coefficient (Wildman–Crippen LogP) is 2.54. The molecular formula is C13H14F3N3O. The number of nitriles is 1. The zero-order chi connectivity index (χ0) is 15.6. The van der Waals surface area contributed by atoms with Gasteiger partial charge in [0, 0.05) is 5.54 Å². The first-order valence-corrected chi connectivity index (χ1v) is 5.81.